The average Bonchev–Trinajstić information content (AvgIpc) is 2.40. The van der Waals surface area contributed by atoms with Crippen molar-refractivity contribution in [2.24, 2.45) is 0 Å². The lowest BCUT2D eigenvalue weighted by Crippen LogP contribution is -2.13. The molecule has 4 heteroatoms. The Kier molecular flexibility index (Phi) is 4.78. The van der Waals surface area contributed by atoms with E-state index in [0.717, 1.165) is 26.7 Å². The number of nitrogens with one attached hydrogen (secondary N) is 1. The average molecular weight is 338 g/mol. The summed E-state index contributed by atoms with van der Waals surface area (Å²) < 4.78 is 14.1. The number of aryl methyl sites for hydroxylation is 2. The lowest BCUT2D eigenvalue weighted by atomic mass is 10.1. The van der Waals surface area contributed by atoms with E-state index in [1.54, 1.807) is 6.07 Å². The first-order valence-electron chi connectivity index (χ1n) is 6.41. The van der Waals surface area contributed by atoms with Crippen molar-refractivity contribution in [3.63, 3.8) is 0 Å². The normalized spacial score (nSPS) is 10.8. The van der Waals surface area contributed by atoms with Gasteiger partial charge in [0, 0.05) is 17.6 Å². The second-order valence-electron chi connectivity index (χ2n) is 4.92. The molecule has 2 N–H and O–H groups in total. The second-order valence-corrected chi connectivity index (χ2v) is 5.77. The smallest absolute Gasteiger partial charge is 0.123 e. The maximum Gasteiger partial charge on any atom is 0.123 e. The SMILES string of the molecule is Cc1cc(CNCc2cc(F)ccc2Br)cc(C)c1O. The summed E-state index contributed by atoms with van der Waals surface area (Å²) in [5.41, 5.74) is 3.73. The quantitative estimate of drug-likeness (QED) is 0.876. The van der Waals surface area contributed by atoms with Gasteiger partial charge in [-0.05, 0) is 54.3 Å². The molecule has 2 aromatic carbocycles. The lowest BCUT2D eigenvalue weighted by Gasteiger charge is -2.10. The van der Waals surface area contributed by atoms with E-state index in [4.69, 9.17) is 0 Å². The summed E-state index contributed by atoms with van der Waals surface area (Å²) in [6, 6.07) is 8.57. The fourth-order valence-electron chi connectivity index (χ4n) is 2.17. The summed E-state index contributed by atoms with van der Waals surface area (Å²) in [4.78, 5) is 0. The Hall–Kier alpha value is -1.39. The minimum absolute atomic E-state index is 0.235. The molecular formula is C16H17BrFNO. The summed E-state index contributed by atoms with van der Waals surface area (Å²) in [6.07, 6.45) is 0. The van der Waals surface area contributed by atoms with Crippen LogP contribution in [0.4, 0.5) is 4.39 Å². The molecule has 0 spiro atoms. The van der Waals surface area contributed by atoms with Crippen LogP contribution in [-0.4, -0.2) is 5.11 Å². The van der Waals surface area contributed by atoms with Gasteiger partial charge in [-0.3, -0.25) is 0 Å². The Balaban J connectivity index is 2.01. The molecule has 20 heavy (non-hydrogen) atoms. The number of hydrogen-bond acceptors (Lipinski definition) is 2. The number of phenols is 1. The number of aromatic hydroxyl groups is 1. The first kappa shape index (κ1) is 15.0. The molecule has 0 aliphatic heterocycles. The van der Waals surface area contributed by atoms with Crippen molar-refractivity contribution in [2.45, 2.75) is 26.9 Å². The van der Waals surface area contributed by atoms with E-state index in [1.807, 2.05) is 26.0 Å². The van der Waals surface area contributed by atoms with Gasteiger partial charge >= 0.3 is 0 Å². The summed E-state index contributed by atoms with van der Waals surface area (Å²) in [7, 11) is 0. The van der Waals surface area contributed by atoms with Gasteiger partial charge in [-0.1, -0.05) is 28.1 Å². The summed E-state index contributed by atoms with van der Waals surface area (Å²) >= 11 is 3.41. The van der Waals surface area contributed by atoms with Crippen LogP contribution in [-0.2, 0) is 13.1 Å². The molecule has 0 aliphatic rings. The third kappa shape index (κ3) is 3.58. The zero-order valence-electron chi connectivity index (χ0n) is 11.5. The third-order valence-corrected chi connectivity index (χ3v) is 3.98. The van der Waals surface area contributed by atoms with Crippen molar-refractivity contribution in [3.8, 4) is 5.75 Å². The molecule has 0 aromatic heterocycles. The standard InChI is InChI=1S/C16H17BrFNO/c1-10-5-12(6-11(2)16(10)20)8-19-9-13-7-14(18)3-4-15(13)17/h3-7,19-20H,8-9H2,1-2H3. The van der Waals surface area contributed by atoms with Crippen LogP contribution in [0.2, 0.25) is 0 Å². The van der Waals surface area contributed by atoms with Crippen LogP contribution in [0, 0.1) is 19.7 Å². The molecule has 0 aliphatic carbocycles. The topological polar surface area (TPSA) is 32.3 Å². The molecule has 0 saturated carbocycles. The van der Waals surface area contributed by atoms with Gasteiger partial charge in [0.1, 0.15) is 11.6 Å². The molecule has 0 unspecified atom stereocenters. The third-order valence-electron chi connectivity index (χ3n) is 3.20. The van der Waals surface area contributed by atoms with E-state index in [9.17, 15) is 9.50 Å². The second kappa shape index (κ2) is 6.37. The lowest BCUT2D eigenvalue weighted by molar-refractivity contribution is 0.466. The van der Waals surface area contributed by atoms with Gasteiger partial charge in [0.2, 0.25) is 0 Å². The highest BCUT2D eigenvalue weighted by molar-refractivity contribution is 9.10. The molecular weight excluding hydrogens is 321 g/mol. The van der Waals surface area contributed by atoms with Crippen LogP contribution >= 0.6 is 15.9 Å². The fourth-order valence-corrected chi connectivity index (χ4v) is 2.55. The van der Waals surface area contributed by atoms with Crippen LogP contribution in [0.25, 0.3) is 0 Å². The minimum Gasteiger partial charge on any atom is -0.507 e. The number of halogens is 2. The Bertz CT molecular complexity index is 605. The van der Waals surface area contributed by atoms with E-state index in [-0.39, 0.29) is 5.82 Å². The largest absolute Gasteiger partial charge is 0.507 e. The molecule has 2 rings (SSSR count). The fraction of sp³-hybridized carbons (Fsp3) is 0.250. The predicted octanol–water partition coefficient (Wildman–Crippen LogP) is 4.20. The van der Waals surface area contributed by atoms with Crippen molar-refractivity contribution in [3.05, 3.63) is 62.9 Å². The monoisotopic (exact) mass is 337 g/mol. The molecule has 0 heterocycles. The van der Waals surface area contributed by atoms with Crippen molar-refractivity contribution in [2.75, 3.05) is 0 Å². The highest BCUT2D eigenvalue weighted by Gasteiger charge is 2.05. The van der Waals surface area contributed by atoms with Gasteiger partial charge < -0.3 is 10.4 Å². The summed E-state index contributed by atoms with van der Waals surface area (Å²) in [5.74, 6) is 0.114. The van der Waals surface area contributed by atoms with Gasteiger partial charge in [0.15, 0.2) is 0 Å². The van der Waals surface area contributed by atoms with E-state index >= 15 is 0 Å². The van der Waals surface area contributed by atoms with Gasteiger partial charge in [-0.2, -0.15) is 0 Å². The van der Waals surface area contributed by atoms with Crippen LogP contribution in [0.3, 0.4) is 0 Å². The highest BCUT2D eigenvalue weighted by Crippen LogP contribution is 2.23. The summed E-state index contributed by atoms with van der Waals surface area (Å²) in [6.45, 7) is 5.02. The van der Waals surface area contributed by atoms with Crippen LogP contribution < -0.4 is 5.32 Å². The molecule has 0 amide bonds. The number of hydrogen-bond donors (Lipinski definition) is 2. The minimum atomic E-state index is -0.235. The number of benzene rings is 2. The molecule has 0 saturated heterocycles. The van der Waals surface area contributed by atoms with E-state index in [1.165, 1.54) is 12.1 Å². The number of phenolic OH excluding ortho intramolecular Hbond substituents is 1. The molecule has 0 bridgehead atoms. The van der Waals surface area contributed by atoms with Crippen molar-refractivity contribution in [1.29, 1.82) is 0 Å². The molecule has 0 fully saturated rings. The van der Waals surface area contributed by atoms with Crippen LogP contribution in [0.15, 0.2) is 34.8 Å². The molecule has 0 radical (unpaired) electrons. The van der Waals surface area contributed by atoms with Gasteiger partial charge in [0.25, 0.3) is 0 Å². The Morgan fingerprint density at radius 1 is 1.10 bits per heavy atom. The van der Waals surface area contributed by atoms with Crippen molar-refractivity contribution in [1.82, 2.24) is 5.32 Å². The molecule has 2 aromatic rings. The zero-order valence-corrected chi connectivity index (χ0v) is 13.1. The Morgan fingerprint density at radius 3 is 2.40 bits per heavy atom. The van der Waals surface area contributed by atoms with Crippen LogP contribution in [0.1, 0.15) is 22.3 Å². The van der Waals surface area contributed by atoms with Crippen molar-refractivity contribution < 1.29 is 9.50 Å². The Morgan fingerprint density at radius 2 is 1.75 bits per heavy atom. The predicted molar refractivity (Wildman–Crippen MR) is 82.2 cm³/mol. The first-order chi connectivity index (χ1) is 9.47. The maximum absolute atomic E-state index is 13.2. The van der Waals surface area contributed by atoms with Gasteiger partial charge in [-0.25, -0.2) is 4.39 Å². The van der Waals surface area contributed by atoms with Crippen molar-refractivity contribution >= 4 is 15.9 Å². The maximum atomic E-state index is 13.2. The molecule has 106 valence electrons. The highest BCUT2D eigenvalue weighted by atomic mass is 79.9. The van der Waals surface area contributed by atoms with E-state index in [2.05, 4.69) is 21.2 Å². The summed E-state index contributed by atoms with van der Waals surface area (Å²) in [5, 5.41) is 13.0. The van der Waals surface area contributed by atoms with Gasteiger partial charge in [0.05, 0.1) is 0 Å². The molecule has 2 nitrogen and oxygen atoms in total. The zero-order chi connectivity index (χ0) is 14.7. The van der Waals surface area contributed by atoms with E-state index in [0.29, 0.717) is 18.8 Å². The number of rotatable bonds is 4. The van der Waals surface area contributed by atoms with Gasteiger partial charge in [-0.15, -0.1) is 0 Å². The first-order valence-corrected chi connectivity index (χ1v) is 7.20. The van der Waals surface area contributed by atoms with E-state index < -0.39 is 0 Å². The van der Waals surface area contributed by atoms with Crippen LogP contribution in [0.5, 0.6) is 5.75 Å². The molecule has 0 atom stereocenters. The Labute approximate surface area is 126 Å².